The zero-order valence-electron chi connectivity index (χ0n) is 13.1. The van der Waals surface area contributed by atoms with Crippen LogP contribution in [-0.4, -0.2) is 11.1 Å². The van der Waals surface area contributed by atoms with Crippen molar-refractivity contribution in [2.75, 3.05) is 5.06 Å². The summed E-state index contributed by atoms with van der Waals surface area (Å²) in [6, 6.07) is 11.2. The van der Waals surface area contributed by atoms with Crippen LogP contribution in [0.5, 0.6) is 0 Å². The van der Waals surface area contributed by atoms with Crippen molar-refractivity contribution in [2.24, 2.45) is 0 Å². The average molecular weight is 328 g/mol. The van der Waals surface area contributed by atoms with Gasteiger partial charge in [0.2, 0.25) is 0 Å². The molecule has 0 amide bonds. The third-order valence-electron chi connectivity index (χ3n) is 3.48. The summed E-state index contributed by atoms with van der Waals surface area (Å²) in [5.74, 6) is -0.0368. The van der Waals surface area contributed by atoms with Crippen LogP contribution in [0.15, 0.2) is 46.3 Å². The normalized spacial score (nSPS) is 10.6. The first kappa shape index (κ1) is 15.3. The molecule has 3 aromatic rings. The van der Waals surface area contributed by atoms with Crippen molar-refractivity contribution >= 4 is 28.9 Å². The Kier molecular flexibility index (Phi) is 4.16. The zero-order chi connectivity index (χ0) is 16.4. The molecule has 5 nitrogen and oxygen atoms in total. The SMILES string of the molecule is Cc1ccc(N(OC(=O)c2cccs2)c2onc(C)c2C)cc1. The Morgan fingerprint density at radius 1 is 1.17 bits per heavy atom. The second kappa shape index (κ2) is 6.26. The summed E-state index contributed by atoms with van der Waals surface area (Å²) >= 11 is 1.33. The number of thiophene rings is 1. The van der Waals surface area contributed by atoms with Crippen LogP contribution in [0.3, 0.4) is 0 Å². The van der Waals surface area contributed by atoms with Gasteiger partial charge in [0.05, 0.1) is 11.4 Å². The Bertz CT molecular complexity index is 807. The molecule has 2 aromatic heterocycles. The molecule has 0 bridgehead atoms. The Morgan fingerprint density at radius 3 is 2.48 bits per heavy atom. The molecule has 0 saturated carbocycles. The van der Waals surface area contributed by atoms with E-state index in [4.69, 9.17) is 9.36 Å². The molecule has 23 heavy (non-hydrogen) atoms. The van der Waals surface area contributed by atoms with Gasteiger partial charge in [-0.1, -0.05) is 28.9 Å². The maximum atomic E-state index is 12.3. The fourth-order valence-corrected chi connectivity index (χ4v) is 2.60. The van der Waals surface area contributed by atoms with E-state index >= 15 is 0 Å². The van der Waals surface area contributed by atoms with Crippen LogP contribution in [0.1, 0.15) is 26.5 Å². The summed E-state index contributed by atoms with van der Waals surface area (Å²) in [7, 11) is 0. The van der Waals surface area contributed by atoms with Crippen LogP contribution in [0, 0.1) is 20.8 Å². The number of carbonyl (C=O) groups excluding carboxylic acids is 1. The number of anilines is 2. The lowest BCUT2D eigenvalue weighted by Crippen LogP contribution is -2.22. The van der Waals surface area contributed by atoms with Crippen molar-refractivity contribution in [1.29, 1.82) is 0 Å². The zero-order valence-corrected chi connectivity index (χ0v) is 13.9. The smallest absolute Gasteiger partial charge is 0.335 e. The molecule has 0 fully saturated rings. The Balaban J connectivity index is 1.98. The predicted molar refractivity (Wildman–Crippen MR) is 89.0 cm³/mol. The summed E-state index contributed by atoms with van der Waals surface area (Å²) in [6.45, 7) is 5.72. The van der Waals surface area contributed by atoms with Gasteiger partial charge >= 0.3 is 5.97 Å². The highest BCUT2D eigenvalue weighted by Gasteiger charge is 2.23. The van der Waals surface area contributed by atoms with E-state index in [9.17, 15) is 4.79 Å². The van der Waals surface area contributed by atoms with Gasteiger partial charge in [0, 0.05) is 5.56 Å². The van der Waals surface area contributed by atoms with Gasteiger partial charge in [-0.3, -0.25) is 0 Å². The monoisotopic (exact) mass is 328 g/mol. The van der Waals surface area contributed by atoms with E-state index in [1.807, 2.05) is 50.4 Å². The van der Waals surface area contributed by atoms with E-state index in [1.165, 1.54) is 16.4 Å². The summed E-state index contributed by atoms with van der Waals surface area (Å²) < 4.78 is 5.36. The number of benzene rings is 1. The third-order valence-corrected chi connectivity index (χ3v) is 4.33. The first-order chi connectivity index (χ1) is 11.1. The van der Waals surface area contributed by atoms with Crippen molar-refractivity contribution < 1.29 is 14.2 Å². The fraction of sp³-hybridized carbons (Fsp3) is 0.176. The summed E-state index contributed by atoms with van der Waals surface area (Å²) in [5.41, 5.74) is 3.39. The quantitative estimate of drug-likeness (QED) is 0.657. The van der Waals surface area contributed by atoms with Crippen molar-refractivity contribution in [2.45, 2.75) is 20.8 Å². The van der Waals surface area contributed by atoms with Gasteiger partial charge in [0.1, 0.15) is 4.88 Å². The van der Waals surface area contributed by atoms with Gasteiger partial charge in [0.25, 0.3) is 5.88 Å². The van der Waals surface area contributed by atoms with Crippen LogP contribution in [-0.2, 0) is 4.84 Å². The number of carbonyl (C=O) groups is 1. The molecule has 0 saturated heterocycles. The summed E-state index contributed by atoms with van der Waals surface area (Å²) in [4.78, 5) is 18.4. The lowest BCUT2D eigenvalue weighted by atomic mass is 10.2. The molecule has 0 spiro atoms. The molecule has 0 atom stereocenters. The van der Waals surface area contributed by atoms with Crippen molar-refractivity contribution in [3.05, 3.63) is 63.5 Å². The highest BCUT2D eigenvalue weighted by molar-refractivity contribution is 7.11. The lowest BCUT2D eigenvalue weighted by molar-refractivity contribution is 0.0489. The van der Waals surface area contributed by atoms with Gasteiger partial charge in [0.15, 0.2) is 0 Å². The van der Waals surface area contributed by atoms with E-state index in [0.717, 1.165) is 16.8 Å². The molecular formula is C17H16N2O3S. The molecule has 0 aliphatic heterocycles. The molecule has 2 heterocycles. The number of hydrogen-bond acceptors (Lipinski definition) is 6. The highest BCUT2D eigenvalue weighted by Crippen LogP contribution is 2.31. The second-order valence-corrected chi connectivity index (χ2v) is 6.13. The maximum Gasteiger partial charge on any atom is 0.373 e. The Morgan fingerprint density at radius 2 is 1.91 bits per heavy atom. The van der Waals surface area contributed by atoms with Gasteiger partial charge in [-0.25, -0.2) is 4.79 Å². The average Bonchev–Trinajstić information content (AvgIpc) is 3.18. The topological polar surface area (TPSA) is 55.6 Å². The van der Waals surface area contributed by atoms with Crippen LogP contribution < -0.4 is 5.06 Å². The largest absolute Gasteiger partial charge is 0.373 e. The lowest BCUT2D eigenvalue weighted by Gasteiger charge is -2.20. The highest BCUT2D eigenvalue weighted by atomic mass is 32.1. The molecular weight excluding hydrogens is 312 g/mol. The van der Waals surface area contributed by atoms with Crippen LogP contribution in [0.2, 0.25) is 0 Å². The fourth-order valence-electron chi connectivity index (χ4n) is 2.01. The van der Waals surface area contributed by atoms with Crippen molar-refractivity contribution in [3.63, 3.8) is 0 Å². The number of aromatic nitrogens is 1. The van der Waals surface area contributed by atoms with Gasteiger partial charge < -0.3 is 9.36 Å². The number of aryl methyl sites for hydroxylation is 2. The van der Waals surface area contributed by atoms with E-state index in [0.29, 0.717) is 16.4 Å². The van der Waals surface area contributed by atoms with Crippen molar-refractivity contribution in [1.82, 2.24) is 5.16 Å². The molecule has 3 rings (SSSR count). The molecule has 0 N–H and O–H groups in total. The Labute approximate surface area is 138 Å². The van der Waals surface area contributed by atoms with Crippen LogP contribution in [0.25, 0.3) is 0 Å². The number of rotatable bonds is 4. The predicted octanol–water partition coefficient (Wildman–Crippen LogP) is 4.57. The molecule has 6 heteroatoms. The minimum atomic E-state index is -0.436. The number of hydrogen-bond donors (Lipinski definition) is 0. The standard InChI is InChI=1S/C17H16N2O3S/c1-11-6-8-14(9-7-11)19(16-12(2)13(3)18-21-16)22-17(20)15-5-4-10-23-15/h4-10H,1-3H3. The third kappa shape index (κ3) is 3.12. The van der Waals surface area contributed by atoms with Gasteiger partial charge in [-0.15, -0.1) is 16.4 Å². The molecule has 0 aliphatic carbocycles. The maximum absolute atomic E-state index is 12.3. The molecule has 1 aromatic carbocycles. The first-order valence-electron chi connectivity index (χ1n) is 7.11. The summed E-state index contributed by atoms with van der Waals surface area (Å²) in [6.07, 6.45) is 0. The van der Waals surface area contributed by atoms with E-state index in [2.05, 4.69) is 5.16 Å². The second-order valence-electron chi connectivity index (χ2n) is 5.18. The number of nitrogens with zero attached hydrogens (tertiary/aromatic N) is 2. The molecule has 0 aliphatic rings. The Hall–Kier alpha value is -2.60. The molecule has 0 radical (unpaired) electrons. The minimum absolute atomic E-state index is 0.399. The van der Waals surface area contributed by atoms with E-state index in [1.54, 1.807) is 12.1 Å². The van der Waals surface area contributed by atoms with E-state index < -0.39 is 5.97 Å². The van der Waals surface area contributed by atoms with E-state index in [-0.39, 0.29) is 0 Å². The molecule has 0 unspecified atom stereocenters. The van der Waals surface area contributed by atoms with Crippen LogP contribution in [0.4, 0.5) is 11.6 Å². The van der Waals surface area contributed by atoms with Crippen LogP contribution >= 0.6 is 11.3 Å². The summed E-state index contributed by atoms with van der Waals surface area (Å²) in [5, 5.41) is 7.16. The minimum Gasteiger partial charge on any atom is -0.335 e. The first-order valence-corrected chi connectivity index (χ1v) is 7.99. The van der Waals surface area contributed by atoms with Crippen molar-refractivity contribution in [3.8, 4) is 0 Å². The van der Waals surface area contributed by atoms with Gasteiger partial charge in [-0.05, 0) is 44.4 Å². The molecule has 118 valence electrons. The van der Waals surface area contributed by atoms with Gasteiger partial charge in [-0.2, -0.15) is 0 Å².